The zero-order valence-electron chi connectivity index (χ0n) is 14.5. The highest BCUT2D eigenvalue weighted by molar-refractivity contribution is 7.98. The van der Waals surface area contributed by atoms with Gasteiger partial charge in [-0.1, -0.05) is 42.1 Å². The first-order valence-corrected chi connectivity index (χ1v) is 9.19. The van der Waals surface area contributed by atoms with E-state index >= 15 is 0 Å². The van der Waals surface area contributed by atoms with Crippen LogP contribution in [-0.2, 0) is 10.5 Å². The Morgan fingerprint density at radius 1 is 1.12 bits per heavy atom. The Bertz CT molecular complexity index is 1100. The molecule has 0 amide bonds. The number of methoxy groups -OCH3 is 1. The quantitative estimate of drug-likeness (QED) is 0.400. The molecule has 6 heteroatoms. The average Bonchev–Trinajstić information content (AvgIpc) is 3.09. The number of para-hydroxylation sites is 1. The topological polar surface area (TPSA) is 56.5 Å². The summed E-state index contributed by atoms with van der Waals surface area (Å²) in [4.78, 5) is 11.5. The molecule has 0 N–H and O–H groups in total. The van der Waals surface area contributed by atoms with Gasteiger partial charge >= 0.3 is 5.97 Å². The molecule has 0 spiro atoms. The molecule has 0 bridgehead atoms. The highest BCUT2D eigenvalue weighted by atomic mass is 32.2. The number of fused-ring (bicyclic) bond motifs is 3. The van der Waals surface area contributed by atoms with Crippen LogP contribution >= 0.6 is 11.8 Å². The van der Waals surface area contributed by atoms with Gasteiger partial charge in [-0.25, -0.2) is 4.79 Å². The second kappa shape index (κ2) is 6.80. The number of aryl methyl sites for hydroxylation is 1. The van der Waals surface area contributed by atoms with E-state index in [0.717, 1.165) is 27.6 Å². The van der Waals surface area contributed by atoms with Gasteiger partial charge in [0.05, 0.1) is 18.2 Å². The third-order valence-corrected chi connectivity index (χ3v) is 5.32. The van der Waals surface area contributed by atoms with E-state index in [2.05, 4.69) is 39.7 Å². The van der Waals surface area contributed by atoms with Crippen molar-refractivity contribution >= 4 is 34.3 Å². The van der Waals surface area contributed by atoms with Crippen molar-refractivity contribution in [3.63, 3.8) is 0 Å². The monoisotopic (exact) mass is 363 g/mol. The molecule has 0 aliphatic rings. The van der Waals surface area contributed by atoms with Crippen LogP contribution in [0.4, 0.5) is 0 Å². The van der Waals surface area contributed by atoms with E-state index in [9.17, 15) is 4.79 Å². The molecule has 0 aliphatic carbocycles. The molecule has 4 aromatic rings. The number of pyridine rings is 1. The van der Waals surface area contributed by atoms with Crippen molar-refractivity contribution in [3.05, 3.63) is 71.3 Å². The summed E-state index contributed by atoms with van der Waals surface area (Å²) < 4.78 is 6.82. The third-order valence-electron chi connectivity index (χ3n) is 4.32. The van der Waals surface area contributed by atoms with Crippen molar-refractivity contribution in [1.29, 1.82) is 0 Å². The highest BCUT2D eigenvalue weighted by Crippen LogP contribution is 2.27. The number of thioether (sulfide) groups is 1. The van der Waals surface area contributed by atoms with Crippen LogP contribution in [0.25, 0.3) is 16.6 Å². The van der Waals surface area contributed by atoms with Gasteiger partial charge in [-0.2, -0.15) is 0 Å². The van der Waals surface area contributed by atoms with Crippen LogP contribution in [0.1, 0.15) is 21.5 Å². The van der Waals surface area contributed by atoms with Crippen LogP contribution in [0.2, 0.25) is 0 Å². The van der Waals surface area contributed by atoms with Gasteiger partial charge in [-0.3, -0.25) is 4.40 Å². The molecule has 5 nitrogen and oxygen atoms in total. The molecule has 2 heterocycles. The Kier molecular flexibility index (Phi) is 4.34. The summed E-state index contributed by atoms with van der Waals surface area (Å²) in [5.41, 5.74) is 4.81. The average molecular weight is 363 g/mol. The van der Waals surface area contributed by atoms with Gasteiger partial charge < -0.3 is 4.74 Å². The van der Waals surface area contributed by atoms with Gasteiger partial charge in [0.15, 0.2) is 10.8 Å². The van der Waals surface area contributed by atoms with Crippen molar-refractivity contribution in [2.45, 2.75) is 17.8 Å². The van der Waals surface area contributed by atoms with Crippen molar-refractivity contribution < 1.29 is 9.53 Å². The minimum atomic E-state index is -0.325. The van der Waals surface area contributed by atoms with E-state index in [0.29, 0.717) is 5.56 Å². The summed E-state index contributed by atoms with van der Waals surface area (Å²) in [6.07, 6.45) is 0. The standard InChI is InChI=1S/C20H17N3O2S/c1-13-11-18-21-22-20(23(18)17-6-4-3-5-16(13)17)26-12-14-7-9-15(10-8-14)19(24)25-2/h3-11H,12H2,1-2H3. The first-order chi connectivity index (χ1) is 12.7. The second-order valence-electron chi connectivity index (χ2n) is 6.00. The minimum absolute atomic E-state index is 0.325. The zero-order valence-corrected chi connectivity index (χ0v) is 15.3. The van der Waals surface area contributed by atoms with Gasteiger partial charge in [0.25, 0.3) is 0 Å². The summed E-state index contributed by atoms with van der Waals surface area (Å²) in [6.45, 7) is 2.09. The van der Waals surface area contributed by atoms with Gasteiger partial charge in [0.1, 0.15) is 0 Å². The van der Waals surface area contributed by atoms with E-state index in [1.165, 1.54) is 18.1 Å². The molecule has 2 aromatic heterocycles. The predicted molar refractivity (Wildman–Crippen MR) is 103 cm³/mol. The molecule has 0 fully saturated rings. The molecule has 0 atom stereocenters. The normalized spacial score (nSPS) is 11.2. The van der Waals surface area contributed by atoms with Crippen LogP contribution in [0, 0.1) is 6.92 Å². The Balaban J connectivity index is 1.64. The molecule has 0 unspecified atom stereocenters. The summed E-state index contributed by atoms with van der Waals surface area (Å²) in [6, 6.07) is 17.8. The lowest BCUT2D eigenvalue weighted by Crippen LogP contribution is -2.00. The van der Waals surface area contributed by atoms with E-state index < -0.39 is 0 Å². The molecule has 2 aromatic carbocycles. The lowest BCUT2D eigenvalue weighted by molar-refractivity contribution is 0.0600. The molecule has 4 rings (SSSR count). The van der Waals surface area contributed by atoms with Gasteiger partial charge in [-0.05, 0) is 42.3 Å². The molecule has 0 aliphatic heterocycles. The lowest BCUT2D eigenvalue weighted by Gasteiger charge is -2.07. The number of ether oxygens (including phenoxy) is 1. The number of hydrogen-bond donors (Lipinski definition) is 0. The number of esters is 1. The fraction of sp³-hybridized carbons (Fsp3) is 0.150. The summed E-state index contributed by atoms with van der Waals surface area (Å²) in [7, 11) is 1.38. The molecule has 0 saturated heterocycles. The SMILES string of the molecule is COC(=O)c1ccc(CSc2nnc3cc(C)c4ccccc4n23)cc1. The molecule has 130 valence electrons. The zero-order chi connectivity index (χ0) is 18.1. The number of nitrogens with zero attached hydrogens (tertiary/aromatic N) is 3. The first-order valence-electron chi connectivity index (χ1n) is 8.21. The Hall–Kier alpha value is -2.86. The van der Waals surface area contributed by atoms with Crippen molar-refractivity contribution in [2.24, 2.45) is 0 Å². The lowest BCUT2D eigenvalue weighted by atomic mass is 10.1. The van der Waals surface area contributed by atoms with E-state index in [-0.39, 0.29) is 5.97 Å². The Morgan fingerprint density at radius 3 is 2.65 bits per heavy atom. The van der Waals surface area contributed by atoms with Gasteiger partial charge in [0.2, 0.25) is 0 Å². The van der Waals surface area contributed by atoms with Crippen LogP contribution in [0.3, 0.4) is 0 Å². The minimum Gasteiger partial charge on any atom is -0.465 e. The van der Waals surface area contributed by atoms with Crippen LogP contribution in [0.5, 0.6) is 0 Å². The highest BCUT2D eigenvalue weighted by Gasteiger charge is 2.12. The molecule has 26 heavy (non-hydrogen) atoms. The maximum Gasteiger partial charge on any atom is 0.337 e. The number of carbonyl (C=O) groups is 1. The predicted octanol–water partition coefficient (Wildman–Crippen LogP) is 4.27. The van der Waals surface area contributed by atoms with Gasteiger partial charge in [0, 0.05) is 11.1 Å². The van der Waals surface area contributed by atoms with Crippen molar-refractivity contribution in [2.75, 3.05) is 7.11 Å². The van der Waals surface area contributed by atoms with Crippen LogP contribution in [0.15, 0.2) is 59.8 Å². The first kappa shape index (κ1) is 16.6. The smallest absolute Gasteiger partial charge is 0.337 e. The maximum atomic E-state index is 11.5. The molecule has 0 saturated carbocycles. The van der Waals surface area contributed by atoms with Crippen LogP contribution in [-0.4, -0.2) is 27.7 Å². The Morgan fingerprint density at radius 2 is 1.88 bits per heavy atom. The van der Waals surface area contributed by atoms with Crippen molar-refractivity contribution in [3.8, 4) is 0 Å². The number of hydrogen-bond acceptors (Lipinski definition) is 5. The largest absolute Gasteiger partial charge is 0.465 e. The van der Waals surface area contributed by atoms with Crippen molar-refractivity contribution in [1.82, 2.24) is 14.6 Å². The summed E-state index contributed by atoms with van der Waals surface area (Å²) in [5, 5.41) is 10.7. The molecule has 0 radical (unpaired) electrons. The maximum absolute atomic E-state index is 11.5. The fourth-order valence-corrected chi connectivity index (χ4v) is 3.88. The second-order valence-corrected chi connectivity index (χ2v) is 6.94. The summed E-state index contributed by atoms with van der Waals surface area (Å²) >= 11 is 1.62. The molecular formula is C20H17N3O2S. The van der Waals surface area contributed by atoms with Crippen LogP contribution < -0.4 is 0 Å². The third kappa shape index (κ3) is 2.93. The number of benzene rings is 2. The molecular weight excluding hydrogens is 346 g/mol. The van der Waals surface area contributed by atoms with E-state index in [1.54, 1.807) is 23.9 Å². The fourth-order valence-electron chi connectivity index (χ4n) is 2.97. The Labute approximate surface area is 155 Å². The van der Waals surface area contributed by atoms with E-state index in [4.69, 9.17) is 4.74 Å². The summed E-state index contributed by atoms with van der Waals surface area (Å²) in [5.74, 6) is 0.416. The number of rotatable bonds is 4. The number of carbonyl (C=O) groups excluding carboxylic acids is 1. The number of aromatic nitrogens is 3. The van der Waals surface area contributed by atoms with E-state index in [1.807, 2.05) is 24.3 Å². The van der Waals surface area contributed by atoms with Gasteiger partial charge in [-0.15, -0.1) is 10.2 Å².